The maximum atomic E-state index is 14.4. The fraction of sp³-hybridized carbons (Fsp3) is 0.148. The monoisotopic (exact) mass is 514 g/mol. The molecule has 0 radical (unpaired) electrons. The standard InChI is InChI=1S/C27H18N2O9/c1-35-24(31)16-13-9-5-7-11-15-12-8-6-10-14-17(25(32)36-2)20(27(34)38-4)22(29(12)14)23(30)18(15)21(28(11)13)19(16)26(33)37-3/h5-10H,1-4H3. The molecule has 0 N–H and O–H groups in total. The predicted molar refractivity (Wildman–Crippen MR) is 135 cm³/mol. The van der Waals surface area contributed by atoms with E-state index in [0.717, 1.165) is 14.2 Å². The molecule has 190 valence electrons. The summed E-state index contributed by atoms with van der Waals surface area (Å²) in [5, 5.41) is 0.523. The molecule has 0 fully saturated rings. The van der Waals surface area contributed by atoms with Crippen LogP contribution in [0.4, 0.5) is 0 Å². The van der Waals surface area contributed by atoms with Crippen molar-refractivity contribution in [2.24, 2.45) is 0 Å². The Kier molecular flexibility index (Phi) is 4.83. The average Bonchev–Trinajstić information content (AvgIpc) is 3.59. The molecule has 6 aromatic rings. The lowest BCUT2D eigenvalue weighted by Gasteiger charge is -2.07. The highest BCUT2D eigenvalue weighted by Crippen LogP contribution is 2.40. The Morgan fingerprint density at radius 3 is 1.34 bits per heavy atom. The smallest absolute Gasteiger partial charge is 0.341 e. The zero-order valence-corrected chi connectivity index (χ0v) is 20.5. The van der Waals surface area contributed by atoms with Gasteiger partial charge in [0, 0.05) is 5.39 Å². The van der Waals surface area contributed by atoms with Crippen molar-refractivity contribution in [2.75, 3.05) is 28.4 Å². The number of fused-ring (bicyclic) bond motifs is 4. The lowest BCUT2D eigenvalue weighted by molar-refractivity contribution is 0.0559. The molecule has 11 heteroatoms. The number of aromatic nitrogens is 2. The quantitative estimate of drug-likeness (QED) is 0.257. The molecule has 0 aromatic carbocycles. The van der Waals surface area contributed by atoms with E-state index in [1.165, 1.54) is 18.6 Å². The molecule has 0 atom stereocenters. The molecule has 0 aliphatic heterocycles. The predicted octanol–water partition coefficient (Wildman–Crippen LogP) is 3.03. The van der Waals surface area contributed by atoms with Crippen LogP contribution >= 0.6 is 0 Å². The average molecular weight is 514 g/mol. The van der Waals surface area contributed by atoms with Crippen molar-refractivity contribution < 1.29 is 38.1 Å². The molecule has 6 aromatic heterocycles. The third-order valence-corrected chi connectivity index (χ3v) is 6.91. The van der Waals surface area contributed by atoms with Crippen LogP contribution in [-0.4, -0.2) is 61.1 Å². The number of ether oxygens (including phenoxy) is 4. The Morgan fingerprint density at radius 2 is 0.895 bits per heavy atom. The minimum absolute atomic E-state index is 0.0573. The van der Waals surface area contributed by atoms with Crippen LogP contribution < -0.4 is 5.43 Å². The lowest BCUT2D eigenvalue weighted by atomic mass is 10.0. The van der Waals surface area contributed by atoms with Crippen LogP contribution in [0.3, 0.4) is 0 Å². The van der Waals surface area contributed by atoms with Crippen molar-refractivity contribution in [3.05, 3.63) is 68.9 Å². The number of nitrogens with zero attached hydrogens (tertiary/aromatic N) is 2. The number of carbonyl (C=O) groups is 4. The molecule has 0 saturated carbocycles. The van der Waals surface area contributed by atoms with Gasteiger partial charge in [0.15, 0.2) is 0 Å². The van der Waals surface area contributed by atoms with E-state index in [4.69, 9.17) is 18.9 Å². The second kappa shape index (κ2) is 7.90. The Hall–Kier alpha value is -5.19. The van der Waals surface area contributed by atoms with E-state index in [-0.39, 0.29) is 44.2 Å². The van der Waals surface area contributed by atoms with Crippen molar-refractivity contribution in [3.8, 4) is 0 Å². The minimum atomic E-state index is -0.910. The highest BCUT2D eigenvalue weighted by Gasteiger charge is 2.35. The van der Waals surface area contributed by atoms with Gasteiger partial charge in [0.05, 0.1) is 61.4 Å². The van der Waals surface area contributed by atoms with E-state index >= 15 is 0 Å². The third-order valence-electron chi connectivity index (χ3n) is 6.91. The number of hydrogen-bond acceptors (Lipinski definition) is 9. The first-order valence-electron chi connectivity index (χ1n) is 11.3. The van der Waals surface area contributed by atoms with Crippen molar-refractivity contribution in [2.45, 2.75) is 0 Å². The van der Waals surface area contributed by atoms with Gasteiger partial charge in [-0.1, -0.05) is 12.1 Å². The molecule has 0 amide bonds. The zero-order valence-electron chi connectivity index (χ0n) is 20.5. The van der Waals surface area contributed by atoms with Crippen LogP contribution in [0.2, 0.25) is 0 Å². The second-order valence-corrected chi connectivity index (χ2v) is 8.51. The molecule has 38 heavy (non-hydrogen) atoms. The Labute approximate surface area is 212 Å². The molecular formula is C27H18N2O9. The summed E-state index contributed by atoms with van der Waals surface area (Å²) in [5.74, 6) is -3.37. The van der Waals surface area contributed by atoms with Gasteiger partial charge >= 0.3 is 23.9 Å². The fourth-order valence-electron chi connectivity index (χ4n) is 5.51. The van der Waals surface area contributed by atoms with Crippen LogP contribution in [0.15, 0.2) is 41.2 Å². The Bertz CT molecular complexity index is 2070. The fourth-order valence-corrected chi connectivity index (χ4v) is 5.51. The summed E-state index contributed by atoms with van der Waals surface area (Å²) in [6, 6.07) is 10.1. The lowest BCUT2D eigenvalue weighted by Crippen LogP contribution is -2.14. The van der Waals surface area contributed by atoms with Gasteiger partial charge in [0.1, 0.15) is 27.8 Å². The van der Waals surface area contributed by atoms with Crippen molar-refractivity contribution in [3.63, 3.8) is 0 Å². The van der Waals surface area contributed by atoms with E-state index < -0.39 is 29.3 Å². The minimum Gasteiger partial charge on any atom is -0.465 e. The summed E-state index contributed by atoms with van der Waals surface area (Å²) in [6.45, 7) is 0. The first kappa shape index (κ1) is 23.2. The second-order valence-electron chi connectivity index (χ2n) is 8.51. The topological polar surface area (TPSA) is 131 Å². The molecule has 0 aliphatic rings. The molecule has 6 heterocycles. The van der Waals surface area contributed by atoms with Crippen molar-refractivity contribution in [1.82, 2.24) is 8.80 Å². The van der Waals surface area contributed by atoms with Crippen LogP contribution in [-0.2, 0) is 18.9 Å². The summed E-state index contributed by atoms with van der Waals surface area (Å²) in [5.41, 5.74) is 0.380. The van der Waals surface area contributed by atoms with Gasteiger partial charge in [-0.25, -0.2) is 19.2 Å². The number of esters is 4. The molecule has 0 spiro atoms. The van der Waals surface area contributed by atoms with Gasteiger partial charge in [-0.05, 0) is 24.3 Å². The number of rotatable bonds is 4. The first-order valence-corrected chi connectivity index (χ1v) is 11.3. The van der Waals surface area contributed by atoms with Gasteiger partial charge < -0.3 is 27.7 Å². The molecule has 6 rings (SSSR count). The van der Waals surface area contributed by atoms with E-state index in [1.807, 2.05) is 0 Å². The van der Waals surface area contributed by atoms with Gasteiger partial charge in [0.2, 0.25) is 5.43 Å². The molecule has 11 nitrogen and oxygen atoms in total. The summed E-state index contributed by atoms with van der Waals surface area (Å²) < 4.78 is 23.0. The van der Waals surface area contributed by atoms with Gasteiger partial charge in [0.25, 0.3) is 0 Å². The van der Waals surface area contributed by atoms with E-state index in [1.54, 1.807) is 40.8 Å². The van der Waals surface area contributed by atoms with Crippen molar-refractivity contribution in [1.29, 1.82) is 0 Å². The number of pyridine rings is 3. The van der Waals surface area contributed by atoms with Crippen LogP contribution in [0.25, 0.3) is 43.9 Å². The zero-order chi connectivity index (χ0) is 27.0. The highest BCUT2D eigenvalue weighted by atomic mass is 16.5. The van der Waals surface area contributed by atoms with Crippen LogP contribution in [0.1, 0.15) is 41.4 Å². The Morgan fingerprint density at radius 1 is 0.526 bits per heavy atom. The van der Waals surface area contributed by atoms with Crippen molar-refractivity contribution >= 4 is 67.7 Å². The Balaban J connectivity index is 2.00. The third kappa shape index (κ3) is 2.59. The maximum Gasteiger partial charge on any atom is 0.341 e. The largest absolute Gasteiger partial charge is 0.465 e. The van der Waals surface area contributed by atoms with Gasteiger partial charge in [-0.3, -0.25) is 4.79 Å². The molecule has 0 aliphatic carbocycles. The molecule has 0 unspecified atom stereocenters. The van der Waals surface area contributed by atoms with Gasteiger partial charge in [-0.2, -0.15) is 0 Å². The van der Waals surface area contributed by atoms with E-state index in [2.05, 4.69) is 0 Å². The van der Waals surface area contributed by atoms with Crippen LogP contribution in [0, 0.1) is 0 Å². The normalized spacial score (nSPS) is 11.7. The molecular weight excluding hydrogens is 496 g/mol. The highest BCUT2D eigenvalue weighted by molar-refractivity contribution is 6.27. The SMILES string of the molecule is COC(=O)c1c(C(=O)OC)c2c(=O)c3c(c4cccc1n24)c1cccc2c(C(=O)OC)c(C(=O)OC)c3n21. The van der Waals surface area contributed by atoms with E-state index in [0.29, 0.717) is 21.9 Å². The molecule has 0 bridgehead atoms. The summed E-state index contributed by atoms with van der Waals surface area (Å²) >= 11 is 0. The van der Waals surface area contributed by atoms with Gasteiger partial charge in [-0.15, -0.1) is 0 Å². The van der Waals surface area contributed by atoms with E-state index in [9.17, 15) is 24.0 Å². The number of carbonyl (C=O) groups excluding carboxylic acids is 4. The number of hydrogen-bond donors (Lipinski definition) is 0. The summed E-state index contributed by atoms with van der Waals surface area (Å²) in [7, 11) is 4.65. The number of methoxy groups -OCH3 is 4. The summed E-state index contributed by atoms with van der Waals surface area (Å²) in [4.78, 5) is 66.1. The first-order chi connectivity index (χ1) is 18.3. The summed E-state index contributed by atoms with van der Waals surface area (Å²) in [6.07, 6.45) is 0. The maximum absolute atomic E-state index is 14.4. The van der Waals surface area contributed by atoms with Crippen LogP contribution in [0.5, 0.6) is 0 Å². The molecule has 0 saturated heterocycles.